The van der Waals surface area contributed by atoms with Gasteiger partial charge in [-0.3, -0.25) is 14.4 Å². The molecule has 140 valence electrons. The molecular weight excluding hydrogens is 334 g/mol. The number of esters is 1. The minimum Gasteiger partial charge on any atom is -0.456 e. The molecule has 0 aromatic heterocycles. The molecule has 0 spiro atoms. The largest absolute Gasteiger partial charge is 0.456 e. The Morgan fingerprint density at radius 3 is 2.35 bits per heavy atom. The molecule has 1 aromatic carbocycles. The van der Waals surface area contributed by atoms with Crippen molar-refractivity contribution in [1.82, 2.24) is 10.6 Å². The lowest BCUT2D eigenvalue weighted by molar-refractivity contribution is -0.149. The van der Waals surface area contributed by atoms with E-state index in [0.717, 1.165) is 5.56 Å². The molecule has 26 heavy (non-hydrogen) atoms. The second-order valence-corrected chi connectivity index (χ2v) is 6.55. The molecule has 2 unspecified atom stereocenters. The van der Waals surface area contributed by atoms with E-state index in [1.54, 1.807) is 31.2 Å². The van der Waals surface area contributed by atoms with Crippen LogP contribution >= 0.6 is 0 Å². The number of carbonyl (C=O) groups is 3. The summed E-state index contributed by atoms with van der Waals surface area (Å²) in [4.78, 5) is 35.4. The highest BCUT2D eigenvalue weighted by Crippen LogP contribution is 2.17. The van der Waals surface area contributed by atoms with Gasteiger partial charge in [0, 0.05) is 6.92 Å². The van der Waals surface area contributed by atoms with Crippen LogP contribution < -0.4 is 10.6 Å². The second kappa shape index (κ2) is 9.56. The number of hydrogen-bond donors (Lipinski definition) is 2. The third-order valence-electron chi connectivity index (χ3n) is 4.10. The van der Waals surface area contributed by atoms with E-state index in [1.807, 2.05) is 19.9 Å². The second-order valence-electron chi connectivity index (χ2n) is 6.55. The van der Waals surface area contributed by atoms with Crippen molar-refractivity contribution >= 4 is 17.8 Å². The molecule has 1 aromatic rings. The van der Waals surface area contributed by atoms with Crippen molar-refractivity contribution in [1.29, 1.82) is 5.26 Å². The van der Waals surface area contributed by atoms with Gasteiger partial charge < -0.3 is 15.4 Å². The molecule has 0 saturated heterocycles. The van der Waals surface area contributed by atoms with Crippen molar-refractivity contribution in [2.75, 3.05) is 6.61 Å². The van der Waals surface area contributed by atoms with Crippen LogP contribution in [0, 0.1) is 17.2 Å². The molecule has 7 heteroatoms. The van der Waals surface area contributed by atoms with Crippen LogP contribution in [-0.4, -0.2) is 29.9 Å². The van der Waals surface area contributed by atoms with Crippen molar-refractivity contribution in [3.8, 4) is 6.07 Å². The topological polar surface area (TPSA) is 108 Å². The summed E-state index contributed by atoms with van der Waals surface area (Å²) < 4.78 is 5.00. The zero-order chi connectivity index (χ0) is 19.7. The Morgan fingerprint density at radius 2 is 1.85 bits per heavy atom. The summed E-state index contributed by atoms with van der Waals surface area (Å²) >= 11 is 0. The van der Waals surface area contributed by atoms with Gasteiger partial charge in [0.15, 0.2) is 6.61 Å². The van der Waals surface area contributed by atoms with E-state index in [0.29, 0.717) is 0 Å². The molecule has 0 fully saturated rings. The van der Waals surface area contributed by atoms with Gasteiger partial charge in [-0.1, -0.05) is 44.2 Å². The molecule has 0 radical (unpaired) electrons. The van der Waals surface area contributed by atoms with Gasteiger partial charge in [-0.05, 0) is 18.4 Å². The summed E-state index contributed by atoms with van der Waals surface area (Å²) in [6, 6.07) is 10.5. The van der Waals surface area contributed by atoms with Crippen LogP contribution in [0.2, 0.25) is 0 Å². The highest BCUT2D eigenvalue weighted by molar-refractivity contribution is 5.82. The van der Waals surface area contributed by atoms with Gasteiger partial charge in [-0.15, -0.1) is 0 Å². The summed E-state index contributed by atoms with van der Waals surface area (Å²) in [6.45, 7) is 6.12. The van der Waals surface area contributed by atoms with E-state index < -0.39 is 30.1 Å². The van der Waals surface area contributed by atoms with Gasteiger partial charge in [0.2, 0.25) is 5.91 Å². The van der Waals surface area contributed by atoms with Gasteiger partial charge in [0.05, 0.1) is 18.5 Å². The number of benzene rings is 1. The number of carbonyl (C=O) groups excluding carboxylic acids is 3. The van der Waals surface area contributed by atoms with Crippen LogP contribution in [0.15, 0.2) is 30.3 Å². The number of hydrogen-bond acceptors (Lipinski definition) is 5. The Hall–Kier alpha value is -2.88. The molecular formula is C19H25N3O4. The molecule has 2 amide bonds. The number of nitriles is 1. The van der Waals surface area contributed by atoms with Crippen molar-refractivity contribution in [3.05, 3.63) is 35.9 Å². The number of rotatable bonds is 8. The summed E-state index contributed by atoms with van der Waals surface area (Å²) in [5.41, 5.74) is -0.271. The fourth-order valence-corrected chi connectivity index (χ4v) is 2.18. The normalized spacial score (nSPS) is 13.8. The molecule has 1 rings (SSSR count). The molecule has 0 aliphatic heterocycles. The summed E-state index contributed by atoms with van der Waals surface area (Å²) in [7, 11) is 0. The molecule has 0 saturated carbocycles. The number of ether oxygens (including phenoxy) is 1. The average molecular weight is 359 g/mol. The maximum absolute atomic E-state index is 12.1. The lowest BCUT2D eigenvalue weighted by Crippen LogP contribution is -2.50. The van der Waals surface area contributed by atoms with Gasteiger partial charge in [-0.25, -0.2) is 0 Å². The van der Waals surface area contributed by atoms with E-state index in [2.05, 4.69) is 16.7 Å². The molecule has 7 nitrogen and oxygen atoms in total. The fraction of sp³-hybridized carbons (Fsp3) is 0.474. The van der Waals surface area contributed by atoms with Gasteiger partial charge in [0.1, 0.15) is 5.54 Å². The smallest absolute Gasteiger partial charge is 0.308 e. The first-order chi connectivity index (χ1) is 12.2. The van der Waals surface area contributed by atoms with Crippen LogP contribution in [0.3, 0.4) is 0 Å². The van der Waals surface area contributed by atoms with Crippen molar-refractivity contribution in [3.63, 3.8) is 0 Å². The SMILES string of the molecule is CC(=O)NC(CC(=O)OCC(=O)NC(C)(C#N)C(C)C)c1ccccc1. The third-order valence-corrected chi connectivity index (χ3v) is 4.10. The van der Waals surface area contributed by atoms with Crippen molar-refractivity contribution < 1.29 is 19.1 Å². The average Bonchev–Trinajstić information content (AvgIpc) is 2.59. The quantitative estimate of drug-likeness (QED) is 0.689. The Labute approximate surface area is 153 Å². The zero-order valence-electron chi connectivity index (χ0n) is 15.5. The molecule has 0 aliphatic rings. The lowest BCUT2D eigenvalue weighted by Gasteiger charge is -2.27. The van der Waals surface area contributed by atoms with E-state index in [9.17, 15) is 19.6 Å². The van der Waals surface area contributed by atoms with E-state index in [4.69, 9.17) is 4.74 Å². The van der Waals surface area contributed by atoms with Gasteiger partial charge >= 0.3 is 5.97 Å². The third kappa shape index (κ3) is 6.55. The maximum atomic E-state index is 12.1. The van der Waals surface area contributed by atoms with E-state index in [-0.39, 0.29) is 18.2 Å². The molecule has 2 N–H and O–H groups in total. The minimum absolute atomic E-state index is 0.101. The number of nitrogens with one attached hydrogen (secondary N) is 2. The van der Waals surface area contributed by atoms with E-state index >= 15 is 0 Å². The molecule has 0 aliphatic carbocycles. The molecule has 0 heterocycles. The fourth-order valence-electron chi connectivity index (χ4n) is 2.18. The first-order valence-electron chi connectivity index (χ1n) is 8.38. The predicted molar refractivity (Wildman–Crippen MR) is 95.6 cm³/mol. The maximum Gasteiger partial charge on any atom is 0.308 e. The van der Waals surface area contributed by atoms with E-state index in [1.165, 1.54) is 6.92 Å². The number of amides is 2. The van der Waals surface area contributed by atoms with Crippen LogP contribution in [0.4, 0.5) is 0 Å². The summed E-state index contributed by atoms with van der Waals surface area (Å²) in [6.07, 6.45) is -0.101. The summed E-state index contributed by atoms with van der Waals surface area (Å²) in [5.74, 6) is -1.54. The van der Waals surface area contributed by atoms with Crippen molar-refractivity contribution in [2.45, 2.75) is 45.7 Å². The standard InChI is InChI=1S/C19H25N3O4/c1-13(2)19(4,12-20)22-17(24)11-26-18(25)10-16(21-14(3)23)15-8-6-5-7-9-15/h5-9,13,16H,10-11H2,1-4H3,(H,21,23)(H,22,24). The Kier molecular flexibility index (Phi) is 7.78. The Bertz CT molecular complexity index is 682. The molecule has 2 atom stereocenters. The highest BCUT2D eigenvalue weighted by Gasteiger charge is 2.30. The van der Waals surface area contributed by atoms with Crippen LogP contribution in [0.5, 0.6) is 0 Å². The zero-order valence-corrected chi connectivity index (χ0v) is 15.5. The van der Waals surface area contributed by atoms with Crippen LogP contribution in [-0.2, 0) is 19.1 Å². The highest BCUT2D eigenvalue weighted by atomic mass is 16.5. The Morgan fingerprint density at radius 1 is 1.23 bits per heavy atom. The van der Waals surface area contributed by atoms with Gasteiger partial charge in [0.25, 0.3) is 5.91 Å². The van der Waals surface area contributed by atoms with Crippen molar-refractivity contribution in [2.24, 2.45) is 5.92 Å². The minimum atomic E-state index is -1.04. The predicted octanol–water partition coefficient (Wildman–Crippen LogP) is 1.85. The number of nitrogens with zero attached hydrogens (tertiary/aromatic N) is 1. The van der Waals surface area contributed by atoms with Gasteiger partial charge in [-0.2, -0.15) is 5.26 Å². The van der Waals surface area contributed by atoms with Crippen LogP contribution in [0.1, 0.15) is 45.7 Å². The monoisotopic (exact) mass is 359 g/mol. The molecule has 0 bridgehead atoms. The first-order valence-corrected chi connectivity index (χ1v) is 8.38. The van der Waals surface area contributed by atoms with Crippen LogP contribution in [0.25, 0.3) is 0 Å². The first kappa shape index (κ1) is 21.2. The Balaban J connectivity index is 2.62. The lowest BCUT2D eigenvalue weighted by atomic mass is 9.90. The summed E-state index contributed by atoms with van der Waals surface area (Å²) in [5, 5.41) is 14.5.